The predicted molar refractivity (Wildman–Crippen MR) is 77.5 cm³/mol. The van der Waals surface area contributed by atoms with Gasteiger partial charge in [-0.25, -0.2) is 4.79 Å². The van der Waals surface area contributed by atoms with Crippen LogP contribution < -0.4 is 10.1 Å². The van der Waals surface area contributed by atoms with Crippen LogP contribution in [0.4, 0.5) is 13.2 Å². The summed E-state index contributed by atoms with van der Waals surface area (Å²) in [5, 5.41) is 11.0. The first-order chi connectivity index (χ1) is 11.3. The van der Waals surface area contributed by atoms with Gasteiger partial charge in [-0.3, -0.25) is 4.79 Å². The number of amides is 1. The number of carbonyl (C=O) groups excluding carboxylic acids is 1. The maximum Gasteiger partial charge on any atom is 0.419 e. The van der Waals surface area contributed by atoms with E-state index in [0.717, 1.165) is 12.1 Å². The van der Waals surface area contributed by atoms with Gasteiger partial charge < -0.3 is 19.9 Å². The molecule has 1 rings (SSSR count). The Morgan fingerprint density at radius 2 is 2.00 bits per heavy atom. The van der Waals surface area contributed by atoms with E-state index >= 15 is 0 Å². The van der Waals surface area contributed by atoms with E-state index < -0.39 is 42.0 Å². The molecule has 0 fully saturated rings. The number of aliphatic carboxylic acids is 1. The van der Waals surface area contributed by atoms with Gasteiger partial charge in [0.05, 0.1) is 18.8 Å². The molecule has 1 atom stereocenters. The number of alkyl halides is 3. The molecule has 2 N–H and O–H groups in total. The summed E-state index contributed by atoms with van der Waals surface area (Å²) < 4.78 is 48.1. The highest BCUT2D eigenvalue weighted by Gasteiger charge is 2.34. The summed E-state index contributed by atoms with van der Waals surface area (Å²) in [7, 11) is 0. The lowest BCUT2D eigenvalue weighted by Crippen LogP contribution is -2.45. The Hall–Kier alpha value is -2.55. The standard InChI is InChI=1S/C15H16F3NO5/c1-2-7-23-8-11(14(21)22)19-13(20)9-24-12-6-4-3-5-10(12)15(16,17)18/h2-6,11H,1,7-9H2,(H,19,20)(H,21,22). The van der Waals surface area contributed by atoms with Crippen LogP contribution in [0.5, 0.6) is 5.75 Å². The van der Waals surface area contributed by atoms with Crippen LogP contribution in [0.1, 0.15) is 5.56 Å². The highest BCUT2D eigenvalue weighted by Crippen LogP contribution is 2.35. The Labute approximate surface area is 135 Å². The smallest absolute Gasteiger partial charge is 0.419 e. The Morgan fingerprint density at radius 1 is 1.33 bits per heavy atom. The molecule has 0 saturated heterocycles. The first-order valence-electron chi connectivity index (χ1n) is 6.75. The van der Waals surface area contributed by atoms with E-state index in [-0.39, 0.29) is 13.2 Å². The number of benzene rings is 1. The van der Waals surface area contributed by atoms with Gasteiger partial charge in [-0.15, -0.1) is 6.58 Å². The van der Waals surface area contributed by atoms with E-state index in [9.17, 15) is 22.8 Å². The second kappa shape index (κ2) is 8.92. The number of carboxylic acids is 1. The number of halogens is 3. The van der Waals surface area contributed by atoms with Crippen molar-refractivity contribution in [2.24, 2.45) is 0 Å². The van der Waals surface area contributed by atoms with Crippen LogP contribution in [0.2, 0.25) is 0 Å². The Morgan fingerprint density at radius 3 is 2.58 bits per heavy atom. The second-order valence-corrected chi connectivity index (χ2v) is 4.57. The maximum absolute atomic E-state index is 12.8. The fourth-order valence-corrected chi connectivity index (χ4v) is 1.65. The predicted octanol–water partition coefficient (Wildman–Crippen LogP) is 1.86. The van der Waals surface area contributed by atoms with E-state index in [2.05, 4.69) is 11.9 Å². The van der Waals surface area contributed by atoms with Gasteiger partial charge >= 0.3 is 12.1 Å². The van der Waals surface area contributed by atoms with Gasteiger partial charge in [0.15, 0.2) is 12.6 Å². The third kappa shape index (κ3) is 6.29. The minimum Gasteiger partial charge on any atom is -0.483 e. The third-order valence-corrected chi connectivity index (χ3v) is 2.70. The summed E-state index contributed by atoms with van der Waals surface area (Å²) in [6, 6.07) is 3.05. The topological polar surface area (TPSA) is 84.9 Å². The van der Waals surface area contributed by atoms with Gasteiger partial charge in [-0.1, -0.05) is 18.2 Å². The van der Waals surface area contributed by atoms with Crippen LogP contribution in [-0.4, -0.2) is 42.8 Å². The molecule has 0 aliphatic carbocycles. The summed E-state index contributed by atoms with van der Waals surface area (Å²) in [4.78, 5) is 22.6. The number of para-hydroxylation sites is 1. The molecule has 132 valence electrons. The van der Waals surface area contributed by atoms with Crippen molar-refractivity contribution in [1.29, 1.82) is 0 Å². The van der Waals surface area contributed by atoms with Crippen LogP contribution in [0, 0.1) is 0 Å². The minimum absolute atomic E-state index is 0.0924. The van der Waals surface area contributed by atoms with Crippen LogP contribution in [-0.2, 0) is 20.5 Å². The van der Waals surface area contributed by atoms with E-state index in [0.29, 0.717) is 0 Å². The molecule has 0 aliphatic heterocycles. The molecule has 0 radical (unpaired) electrons. The van der Waals surface area contributed by atoms with Crippen LogP contribution in [0.15, 0.2) is 36.9 Å². The molecule has 0 bridgehead atoms. The number of carboxylic acid groups (broad SMARTS) is 1. The molecule has 9 heteroatoms. The fourth-order valence-electron chi connectivity index (χ4n) is 1.65. The van der Waals surface area contributed by atoms with E-state index in [4.69, 9.17) is 14.6 Å². The van der Waals surface area contributed by atoms with Crippen molar-refractivity contribution in [2.45, 2.75) is 12.2 Å². The lowest BCUT2D eigenvalue weighted by Gasteiger charge is -2.16. The molecular formula is C15H16F3NO5. The molecule has 6 nitrogen and oxygen atoms in total. The largest absolute Gasteiger partial charge is 0.483 e. The molecule has 0 aromatic heterocycles. The highest BCUT2D eigenvalue weighted by molar-refractivity contribution is 5.84. The molecule has 0 saturated carbocycles. The van der Waals surface area contributed by atoms with Gasteiger partial charge in [0.2, 0.25) is 0 Å². The van der Waals surface area contributed by atoms with Crippen molar-refractivity contribution >= 4 is 11.9 Å². The zero-order valence-electron chi connectivity index (χ0n) is 12.5. The Kier molecular flexibility index (Phi) is 7.25. The number of carbonyl (C=O) groups is 2. The normalized spacial score (nSPS) is 12.3. The summed E-state index contributed by atoms with van der Waals surface area (Å²) in [6.07, 6.45) is -3.23. The fraction of sp³-hybridized carbons (Fsp3) is 0.333. The van der Waals surface area contributed by atoms with Gasteiger partial charge in [0.1, 0.15) is 5.75 Å². The summed E-state index contributed by atoms with van der Waals surface area (Å²) in [6.45, 7) is 2.40. The average Bonchev–Trinajstić information content (AvgIpc) is 2.51. The minimum atomic E-state index is -4.63. The molecule has 24 heavy (non-hydrogen) atoms. The monoisotopic (exact) mass is 347 g/mol. The van der Waals surface area contributed by atoms with Crippen LogP contribution in [0.25, 0.3) is 0 Å². The Bertz CT molecular complexity index is 589. The third-order valence-electron chi connectivity index (χ3n) is 2.70. The number of hydrogen-bond donors (Lipinski definition) is 2. The van der Waals surface area contributed by atoms with Crippen molar-refractivity contribution in [1.82, 2.24) is 5.32 Å². The van der Waals surface area contributed by atoms with E-state index in [1.54, 1.807) is 0 Å². The van der Waals surface area contributed by atoms with Gasteiger partial charge in [-0.2, -0.15) is 13.2 Å². The van der Waals surface area contributed by atoms with Crippen molar-refractivity contribution in [3.05, 3.63) is 42.5 Å². The lowest BCUT2D eigenvalue weighted by atomic mass is 10.2. The molecule has 0 aliphatic rings. The van der Waals surface area contributed by atoms with Gasteiger partial charge in [0.25, 0.3) is 5.91 Å². The second-order valence-electron chi connectivity index (χ2n) is 4.57. The van der Waals surface area contributed by atoms with E-state index in [1.165, 1.54) is 18.2 Å². The highest BCUT2D eigenvalue weighted by atomic mass is 19.4. The first kappa shape index (κ1) is 19.5. The summed E-state index contributed by atoms with van der Waals surface area (Å²) in [5.74, 6) is -2.75. The quantitative estimate of drug-likeness (QED) is 0.526. The van der Waals surface area contributed by atoms with Gasteiger partial charge in [-0.05, 0) is 12.1 Å². The van der Waals surface area contributed by atoms with Crippen molar-refractivity contribution < 1.29 is 37.3 Å². The van der Waals surface area contributed by atoms with Gasteiger partial charge in [0, 0.05) is 0 Å². The lowest BCUT2D eigenvalue weighted by molar-refractivity contribution is -0.143. The van der Waals surface area contributed by atoms with E-state index in [1.807, 2.05) is 0 Å². The van der Waals surface area contributed by atoms with Crippen molar-refractivity contribution in [3.8, 4) is 5.75 Å². The molecular weight excluding hydrogens is 331 g/mol. The summed E-state index contributed by atoms with van der Waals surface area (Å²) in [5.41, 5.74) is -1.03. The maximum atomic E-state index is 12.8. The molecule has 0 spiro atoms. The van der Waals surface area contributed by atoms with Crippen LogP contribution in [0.3, 0.4) is 0 Å². The Balaban J connectivity index is 2.62. The molecule has 1 unspecified atom stereocenters. The SMILES string of the molecule is C=CCOCC(NC(=O)COc1ccccc1C(F)(F)F)C(=O)O. The number of rotatable bonds is 9. The molecule has 0 heterocycles. The number of hydrogen-bond acceptors (Lipinski definition) is 4. The van der Waals surface area contributed by atoms with Crippen LogP contribution >= 0.6 is 0 Å². The first-order valence-corrected chi connectivity index (χ1v) is 6.75. The van der Waals surface area contributed by atoms with Crippen molar-refractivity contribution in [3.63, 3.8) is 0 Å². The molecule has 1 amide bonds. The molecule has 1 aromatic carbocycles. The number of ether oxygens (including phenoxy) is 2. The zero-order valence-corrected chi connectivity index (χ0v) is 12.5. The summed E-state index contributed by atoms with van der Waals surface area (Å²) >= 11 is 0. The van der Waals surface area contributed by atoms with Crippen molar-refractivity contribution in [2.75, 3.05) is 19.8 Å². The molecule has 1 aromatic rings. The number of nitrogens with one attached hydrogen (secondary N) is 1. The zero-order chi connectivity index (χ0) is 18.2. The average molecular weight is 347 g/mol.